The third-order valence-electron chi connectivity index (χ3n) is 5.55. The van der Waals surface area contributed by atoms with Crippen LogP contribution in [0.4, 0.5) is 5.69 Å². The molecule has 1 aliphatic heterocycles. The minimum absolute atomic E-state index is 0.0746. The molecule has 0 bridgehead atoms. The smallest absolute Gasteiger partial charge is 0.337 e. The van der Waals surface area contributed by atoms with Crippen molar-refractivity contribution in [3.8, 4) is 5.75 Å². The van der Waals surface area contributed by atoms with Crippen LogP contribution < -0.4 is 9.64 Å². The Bertz CT molecular complexity index is 1300. The van der Waals surface area contributed by atoms with E-state index in [1.165, 1.54) is 37.3 Å². The van der Waals surface area contributed by atoms with Gasteiger partial charge in [-0.05, 0) is 48.0 Å². The Morgan fingerprint density at radius 3 is 2.18 bits per heavy atom. The van der Waals surface area contributed by atoms with Crippen LogP contribution in [0.2, 0.25) is 5.02 Å². The Kier molecular flexibility index (Phi) is 6.38. The molecule has 3 aromatic rings. The number of amides is 1. The summed E-state index contributed by atoms with van der Waals surface area (Å²) >= 11 is 6.22. The van der Waals surface area contributed by atoms with E-state index in [1.807, 2.05) is 6.07 Å². The van der Waals surface area contributed by atoms with Gasteiger partial charge < -0.3 is 14.6 Å². The molecule has 1 unspecified atom stereocenters. The number of hydrogen-bond acceptors (Lipinski definition) is 6. The van der Waals surface area contributed by atoms with Gasteiger partial charge in [-0.15, -0.1) is 0 Å². The molecule has 0 aromatic heterocycles. The van der Waals surface area contributed by atoms with Gasteiger partial charge in [-0.3, -0.25) is 14.5 Å². The Morgan fingerprint density at radius 1 is 0.941 bits per heavy atom. The average Bonchev–Trinajstić information content (AvgIpc) is 3.14. The largest absolute Gasteiger partial charge is 0.507 e. The number of ether oxygens (including phenoxy) is 2. The predicted octanol–water partition coefficient (Wildman–Crippen LogP) is 4.76. The van der Waals surface area contributed by atoms with E-state index >= 15 is 0 Å². The fourth-order valence-electron chi connectivity index (χ4n) is 3.89. The van der Waals surface area contributed by atoms with Crippen LogP contribution in [0.3, 0.4) is 0 Å². The number of rotatable bonds is 5. The maximum atomic E-state index is 13.2. The highest BCUT2D eigenvalue weighted by Gasteiger charge is 2.47. The molecule has 3 aromatic carbocycles. The number of nitrogens with zero attached hydrogens (tertiary/aromatic N) is 1. The second kappa shape index (κ2) is 9.41. The van der Waals surface area contributed by atoms with Crippen LogP contribution >= 0.6 is 11.6 Å². The minimum Gasteiger partial charge on any atom is -0.507 e. The van der Waals surface area contributed by atoms with Gasteiger partial charge in [-0.25, -0.2) is 4.79 Å². The molecule has 0 radical (unpaired) electrons. The van der Waals surface area contributed by atoms with Crippen LogP contribution in [0.5, 0.6) is 5.75 Å². The van der Waals surface area contributed by atoms with Crippen LogP contribution in [0, 0.1) is 0 Å². The van der Waals surface area contributed by atoms with E-state index in [2.05, 4.69) is 0 Å². The van der Waals surface area contributed by atoms with Gasteiger partial charge in [0.2, 0.25) is 0 Å². The monoisotopic (exact) mass is 477 g/mol. The molecule has 0 saturated carbocycles. The summed E-state index contributed by atoms with van der Waals surface area (Å²) in [6.07, 6.45) is 0. The van der Waals surface area contributed by atoms with Crippen LogP contribution in [-0.2, 0) is 14.3 Å². The highest BCUT2D eigenvalue weighted by Crippen LogP contribution is 2.42. The second-order valence-corrected chi connectivity index (χ2v) is 7.87. The topological polar surface area (TPSA) is 93.1 Å². The molecule has 8 heteroatoms. The zero-order valence-corrected chi connectivity index (χ0v) is 19.1. The summed E-state index contributed by atoms with van der Waals surface area (Å²) in [5.41, 5.74) is 1.50. The second-order valence-electron chi connectivity index (χ2n) is 7.47. The number of carbonyl (C=O) groups is 3. The van der Waals surface area contributed by atoms with Crippen molar-refractivity contribution in [3.05, 3.63) is 100 Å². The lowest BCUT2D eigenvalue weighted by molar-refractivity contribution is -0.132. The van der Waals surface area contributed by atoms with Gasteiger partial charge in [-0.1, -0.05) is 41.9 Å². The lowest BCUT2D eigenvalue weighted by Crippen LogP contribution is -2.29. The lowest BCUT2D eigenvalue weighted by atomic mass is 9.95. The van der Waals surface area contributed by atoms with E-state index in [0.29, 0.717) is 22.6 Å². The third kappa shape index (κ3) is 4.02. The first-order valence-corrected chi connectivity index (χ1v) is 10.6. The molecule has 0 spiro atoms. The fraction of sp³-hybridized carbons (Fsp3) is 0.115. The summed E-state index contributed by atoms with van der Waals surface area (Å²) in [6.45, 7) is 0. The number of ketones is 1. The van der Waals surface area contributed by atoms with E-state index in [1.54, 1.807) is 48.5 Å². The molecule has 1 saturated heterocycles. The van der Waals surface area contributed by atoms with Crippen molar-refractivity contribution in [2.75, 3.05) is 19.1 Å². The van der Waals surface area contributed by atoms with Gasteiger partial charge >= 0.3 is 5.97 Å². The summed E-state index contributed by atoms with van der Waals surface area (Å²) in [7, 11) is 2.74. The maximum Gasteiger partial charge on any atom is 0.337 e. The van der Waals surface area contributed by atoms with Crippen molar-refractivity contribution >= 4 is 40.7 Å². The highest BCUT2D eigenvalue weighted by atomic mass is 35.5. The van der Waals surface area contributed by atoms with E-state index in [4.69, 9.17) is 21.1 Å². The summed E-state index contributed by atoms with van der Waals surface area (Å²) in [5, 5.41) is 11.4. The van der Waals surface area contributed by atoms with Crippen molar-refractivity contribution in [1.29, 1.82) is 0 Å². The number of aliphatic hydroxyl groups excluding tert-OH is 1. The molecule has 1 N–H and O–H groups in total. The molecule has 1 heterocycles. The first-order valence-electron chi connectivity index (χ1n) is 10.3. The van der Waals surface area contributed by atoms with Crippen LogP contribution in [-0.4, -0.2) is 37.0 Å². The van der Waals surface area contributed by atoms with Crippen molar-refractivity contribution in [1.82, 2.24) is 0 Å². The van der Waals surface area contributed by atoms with E-state index in [-0.39, 0.29) is 21.9 Å². The average molecular weight is 478 g/mol. The first-order chi connectivity index (χ1) is 16.4. The maximum absolute atomic E-state index is 13.2. The number of halogens is 1. The third-order valence-corrected chi connectivity index (χ3v) is 5.85. The fourth-order valence-corrected chi connectivity index (χ4v) is 4.15. The zero-order chi connectivity index (χ0) is 24.4. The molecule has 1 aliphatic rings. The van der Waals surface area contributed by atoms with Gasteiger partial charge in [0, 0.05) is 11.3 Å². The first kappa shape index (κ1) is 23.1. The van der Waals surface area contributed by atoms with Crippen LogP contribution in [0.15, 0.2) is 78.4 Å². The van der Waals surface area contributed by atoms with E-state index in [9.17, 15) is 19.5 Å². The minimum atomic E-state index is -0.897. The number of methoxy groups -OCH3 is 2. The number of hydrogen-bond donors (Lipinski definition) is 1. The predicted molar refractivity (Wildman–Crippen MR) is 127 cm³/mol. The molecule has 1 fully saturated rings. The highest BCUT2D eigenvalue weighted by molar-refractivity contribution is 6.51. The zero-order valence-electron chi connectivity index (χ0n) is 18.3. The molecule has 7 nitrogen and oxygen atoms in total. The molecular weight excluding hydrogens is 458 g/mol. The van der Waals surface area contributed by atoms with Gasteiger partial charge in [-0.2, -0.15) is 0 Å². The summed E-state index contributed by atoms with van der Waals surface area (Å²) < 4.78 is 9.87. The van der Waals surface area contributed by atoms with E-state index in [0.717, 1.165) is 0 Å². The Hall–Kier alpha value is -4.10. The van der Waals surface area contributed by atoms with E-state index < -0.39 is 23.7 Å². The Morgan fingerprint density at radius 2 is 1.59 bits per heavy atom. The normalized spacial score (nSPS) is 17.0. The summed E-state index contributed by atoms with van der Waals surface area (Å²) in [6, 6.07) is 18.7. The number of benzene rings is 3. The number of esters is 1. The molecular formula is C26H20ClNO6. The molecule has 1 amide bonds. The van der Waals surface area contributed by atoms with Crippen LogP contribution in [0.1, 0.15) is 27.5 Å². The number of carbonyl (C=O) groups excluding carboxylic acids is 3. The van der Waals surface area contributed by atoms with Gasteiger partial charge in [0.1, 0.15) is 11.5 Å². The molecule has 1 atom stereocenters. The van der Waals surface area contributed by atoms with Crippen molar-refractivity contribution in [2.24, 2.45) is 0 Å². The number of Topliss-reactive ketones (excluding diaryl/α,β-unsaturated/α-hetero) is 1. The van der Waals surface area contributed by atoms with Gasteiger partial charge in [0.05, 0.1) is 36.4 Å². The molecule has 172 valence electrons. The van der Waals surface area contributed by atoms with Gasteiger partial charge in [0.25, 0.3) is 11.7 Å². The summed E-state index contributed by atoms with van der Waals surface area (Å²) in [5.74, 6) is -2.12. The number of anilines is 1. The van der Waals surface area contributed by atoms with Gasteiger partial charge in [0.15, 0.2) is 0 Å². The molecule has 0 aliphatic carbocycles. The molecule has 4 rings (SSSR count). The molecule has 34 heavy (non-hydrogen) atoms. The van der Waals surface area contributed by atoms with Crippen LogP contribution in [0.25, 0.3) is 5.76 Å². The lowest BCUT2D eigenvalue weighted by Gasteiger charge is -2.25. The van der Waals surface area contributed by atoms with Crippen molar-refractivity contribution in [2.45, 2.75) is 6.04 Å². The SMILES string of the molecule is COC(=O)c1ccc(N2C(=O)C(=O)/C(=C(\O)c3ccc(OC)c(Cl)c3)C2c2ccccc2)cc1. The van der Waals surface area contributed by atoms with Crippen molar-refractivity contribution in [3.63, 3.8) is 0 Å². The quantitative estimate of drug-likeness (QED) is 0.246. The standard InChI is InChI=1S/C26H20ClNO6/c1-33-20-13-10-17(14-19(20)27)23(29)21-22(15-6-4-3-5-7-15)28(25(31)24(21)30)18-11-8-16(9-12-18)26(32)34-2/h3-14,22,29H,1-2H3/b23-21-. The van der Waals surface area contributed by atoms with Crippen molar-refractivity contribution < 1.29 is 29.0 Å². The Labute approximate surface area is 200 Å². The Balaban J connectivity index is 1.88. The summed E-state index contributed by atoms with van der Waals surface area (Å²) in [4.78, 5) is 39.5. The number of aliphatic hydroxyl groups is 1.